The lowest BCUT2D eigenvalue weighted by Crippen LogP contribution is -2.15. The zero-order valence-corrected chi connectivity index (χ0v) is 12.8. The fourth-order valence-electron chi connectivity index (χ4n) is 0.276. The van der Waals surface area contributed by atoms with Crippen LogP contribution in [0.5, 0.6) is 0 Å². The normalized spacial score (nSPS) is 11.1. The van der Waals surface area contributed by atoms with Crippen LogP contribution in [0.4, 0.5) is 0 Å². The molecule has 0 unspecified atom stereocenters. The van der Waals surface area contributed by atoms with Gasteiger partial charge in [-0.3, -0.25) is 4.79 Å². The molecule has 0 saturated carbocycles. The molecule has 0 spiro atoms. The van der Waals surface area contributed by atoms with Gasteiger partial charge in [-0.2, -0.15) is 0 Å². The van der Waals surface area contributed by atoms with Crippen LogP contribution in [0.15, 0.2) is 0 Å². The zero-order chi connectivity index (χ0) is 13.1. The highest BCUT2D eigenvalue weighted by atomic mass is 127. The van der Waals surface area contributed by atoms with E-state index in [1.165, 1.54) is 7.11 Å². The maximum absolute atomic E-state index is 10.4. The molecule has 1 N–H and O–H groups in total. The van der Waals surface area contributed by atoms with Crippen molar-refractivity contribution in [3.05, 3.63) is 0 Å². The summed E-state index contributed by atoms with van der Waals surface area (Å²) in [5, 5.41) is 8.34. The number of halogens is 2. The molecule has 0 saturated heterocycles. The molecule has 0 aliphatic carbocycles. The Balaban J connectivity index is -0.000000177. The highest BCUT2D eigenvalue weighted by Gasteiger charge is 2.09. The number of ether oxygens (including phenoxy) is 1. The standard InChI is InChI=1S/C5H10O3.CH3ClO2S.CH3I/c1-4(3-6)5(7)8-2;1-5(2,3)4;1-2/h4,6H,3H2,1-2H3;1H3;1H3/t4-;;/m0../s1. The summed E-state index contributed by atoms with van der Waals surface area (Å²) >= 11 is 2.15. The molecule has 0 radical (unpaired) electrons. The molecule has 0 fully saturated rings. The van der Waals surface area contributed by atoms with E-state index < -0.39 is 9.05 Å². The van der Waals surface area contributed by atoms with E-state index in [0.717, 1.165) is 6.26 Å². The monoisotopic (exact) mass is 374 g/mol. The van der Waals surface area contributed by atoms with Crippen molar-refractivity contribution in [1.82, 2.24) is 0 Å². The van der Waals surface area contributed by atoms with E-state index in [9.17, 15) is 13.2 Å². The quantitative estimate of drug-likeness (QED) is 0.338. The van der Waals surface area contributed by atoms with Gasteiger partial charge in [0.05, 0.1) is 25.9 Å². The molecule has 0 aromatic heterocycles. The Morgan fingerprint density at radius 2 is 1.80 bits per heavy atom. The number of aliphatic hydroxyl groups excluding tert-OH is 1. The van der Waals surface area contributed by atoms with Crippen molar-refractivity contribution >= 4 is 48.3 Å². The first-order chi connectivity index (χ1) is 6.72. The molecular formula is C7H16ClIO5S. The first-order valence-corrected chi connectivity index (χ1v) is 8.56. The molecule has 0 bridgehead atoms. The van der Waals surface area contributed by atoms with Crippen molar-refractivity contribution in [3.8, 4) is 0 Å². The summed E-state index contributed by atoms with van der Waals surface area (Å²) in [5.41, 5.74) is 0. The molecule has 0 aliphatic rings. The van der Waals surface area contributed by atoms with E-state index in [4.69, 9.17) is 5.11 Å². The highest BCUT2D eigenvalue weighted by Crippen LogP contribution is 1.93. The van der Waals surface area contributed by atoms with Crippen molar-refractivity contribution in [2.24, 2.45) is 5.92 Å². The van der Waals surface area contributed by atoms with Gasteiger partial charge in [0.25, 0.3) is 0 Å². The second kappa shape index (κ2) is 12.5. The predicted octanol–water partition coefficient (Wildman–Crippen LogP) is 1.02. The number of carbonyl (C=O) groups excluding carboxylic acids is 1. The highest BCUT2D eigenvalue weighted by molar-refractivity contribution is 14.1. The third kappa shape index (κ3) is 31.4. The summed E-state index contributed by atoms with van der Waals surface area (Å²) in [7, 11) is 2.61. The molecular weight excluding hydrogens is 358 g/mol. The van der Waals surface area contributed by atoms with Gasteiger partial charge in [0, 0.05) is 10.7 Å². The van der Waals surface area contributed by atoms with Gasteiger partial charge in [-0.1, -0.05) is 22.6 Å². The SMILES string of the molecule is CI.COC(=O)[C@@H](C)CO.CS(=O)(=O)Cl. The average molecular weight is 375 g/mol. The van der Waals surface area contributed by atoms with Crippen LogP contribution in [0, 0.1) is 5.92 Å². The van der Waals surface area contributed by atoms with Crippen LogP contribution in [0.3, 0.4) is 0 Å². The number of methoxy groups -OCH3 is 1. The largest absolute Gasteiger partial charge is 0.469 e. The van der Waals surface area contributed by atoms with Crippen LogP contribution in [0.1, 0.15) is 6.92 Å². The summed E-state index contributed by atoms with van der Waals surface area (Å²) in [6.07, 6.45) is 0.925. The lowest BCUT2D eigenvalue weighted by atomic mass is 10.2. The molecule has 0 heterocycles. The molecule has 15 heavy (non-hydrogen) atoms. The molecule has 0 rings (SSSR count). The van der Waals surface area contributed by atoms with Gasteiger partial charge >= 0.3 is 5.97 Å². The van der Waals surface area contributed by atoms with Gasteiger partial charge in [0.2, 0.25) is 9.05 Å². The van der Waals surface area contributed by atoms with Gasteiger partial charge in [0.1, 0.15) is 0 Å². The molecule has 8 heteroatoms. The Labute approximate surface area is 109 Å². The van der Waals surface area contributed by atoms with Gasteiger partial charge in [-0.15, -0.1) is 0 Å². The average Bonchev–Trinajstić information content (AvgIpc) is 2.16. The minimum atomic E-state index is -3.19. The second-order valence-corrected chi connectivity index (χ2v) is 5.33. The third-order valence-electron chi connectivity index (χ3n) is 0.877. The number of alkyl halides is 1. The summed E-state index contributed by atoms with van der Waals surface area (Å²) in [6, 6.07) is 0. The summed E-state index contributed by atoms with van der Waals surface area (Å²) < 4.78 is 23.1. The van der Waals surface area contributed by atoms with Crippen LogP contribution in [0.25, 0.3) is 0 Å². The molecule has 0 aromatic rings. The molecule has 0 amide bonds. The summed E-state index contributed by atoms with van der Waals surface area (Å²) in [6.45, 7) is 1.46. The Hall–Kier alpha value is 0.400. The van der Waals surface area contributed by atoms with Crippen molar-refractivity contribution in [1.29, 1.82) is 0 Å². The third-order valence-corrected chi connectivity index (χ3v) is 0.877. The van der Waals surface area contributed by atoms with Gasteiger partial charge in [0.15, 0.2) is 0 Å². The van der Waals surface area contributed by atoms with E-state index in [1.807, 2.05) is 4.93 Å². The number of aliphatic hydroxyl groups is 1. The number of carbonyl (C=O) groups is 1. The lowest BCUT2D eigenvalue weighted by molar-refractivity contribution is -0.146. The summed E-state index contributed by atoms with van der Waals surface area (Å²) in [4.78, 5) is 12.3. The van der Waals surface area contributed by atoms with Crippen molar-refractivity contribution in [2.45, 2.75) is 6.92 Å². The van der Waals surface area contributed by atoms with Gasteiger partial charge in [-0.25, -0.2) is 8.42 Å². The maximum Gasteiger partial charge on any atom is 0.310 e. The minimum absolute atomic E-state index is 0.146. The lowest BCUT2D eigenvalue weighted by Gasteiger charge is -2.02. The number of esters is 1. The first-order valence-electron chi connectivity index (χ1n) is 3.68. The zero-order valence-electron chi connectivity index (χ0n) is 9.03. The Morgan fingerprint density at radius 3 is 1.87 bits per heavy atom. The fourth-order valence-corrected chi connectivity index (χ4v) is 0.276. The molecule has 1 atom stereocenters. The Bertz CT molecular complexity index is 234. The Morgan fingerprint density at radius 1 is 1.53 bits per heavy atom. The smallest absolute Gasteiger partial charge is 0.310 e. The van der Waals surface area contributed by atoms with Crippen LogP contribution in [-0.4, -0.2) is 44.4 Å². The molecule has 94 valence electrons. The van der Waals surface area contributed by atoms with Crippen LogP contribution in [0.2, 0.25) is 0 Å². The fraction of sp³-hybridized carbons (Fsp3) is 0.857. The molecule has 5 nitrogen and oxygen atoms in total. The van der Waals surface area contributed by atoms with Crippen molar-refractivity contribution in [2.75, 3.05) is 24.9 Å². The van der Waals surface area contributed by atoms with Gasteiger partial charge < -0.3 is 9.84 Å². The van der Waals surface area contributed by atoms with Crippen LogP contribution < -0.4 is 0 Å². The number of hydrogen-bond acceptors (Lipinski definition) is 5. The molecule has 0 aliphatic heterocycles. The number of hydrogen-bond donors (Lipinski definition) is 1. The Kier molecular flexibility index (Phi) is 17.3. The van der Waals surface area contributed by atoms with E-state index in [2.05, 4.69) is 38.0 Å². The maximum atomic E-state index is 10.4. The molecule has 0 aromatic carbocycles. The van der Waals surface area contributed by atoms with E-state index >= 15 is 0 Å². The second-order valence-electron chi connectivity index (χ2n) is 2.29. The topological polar surface area (TPSA) is 80.7 Å². The van der Waals surface area contributed by atoms with Crippen LogP contribution >= 0.6 is 33.3 Å². The summed E-state index contributed by atoms with van der Waals surface area (Å²) in [5.74, 6) is -0.757. The van der Waals surface area contributed by atoms with Crippen LogP contribution in [-0.2, 0) is 18.6 Å². The van der Waals surface area contributed by atoms with E-state index in [-0.39, 0.29) is 18.5 Å². The number of rotatable bonds is 2. The predicted molar refractivity (Wildman–Crippen MR) is 68.9 cm³/mol. The van der Waals surface area contributed by atoms with Gasteiger partial charge in [-0.05, 0) is 11.9 Å². The van der Waals surface area contributed by atoms with Crippen molar-refractivity contribution in [3.63, 3.8) is 0 Å². The van der Waals surface area contributed by atoms with Crippen molar-refractivity contribution < 1.29 is 23.1 Å². The van der Waals surface area contributed by atoms with E-state index in [1.54, 1.807) is 6.92 Å². The minimum Gasteiger partial charge on any atom is -0.469 e. The first kappa shape index (κ1) is 20.8. The van der Waals surface area contributed by atoms with E-state index in [0.29, 0.717) is 0 Å².